The van der Waals surface area contributed by atoms with Crippen molar-refractivity contribution in [3.63, 3.8) is 0 Å². The summed E-state index contributed by atoms with van der Waals surface area (Å²) in [6, 6.07) is 17.5. The van der Waals surface area contributed by atoms with Gasteiger partial charge >= 0.3 is 0 Å². The van der Waals surface area contributed by atoms with Crippen LogP contribution in [0.4, 0.5) is 5.69 Å². The third kappa shape index (κ3) is 4.47. The monoisotopic (exact) mass is 482 g/mol. The number of thioether (sulfide) groups is 1. The molecule has 7 nitrogen and oxygen atoms in total. The van der Waals surface area contributed by atoms with Gasteiger partial charge in [-0.25, -0.2) is 0 Å². The molecule has 4 aromatic rings. The second kappa shape index (κ2) is 8.85. The number of rotatable bonds is 6. The summed E-state index contributed by atoms with van der Waals surface area (Å²) in [7, 11) is 3.78. The smallest absolute Gasteiger partial charge is 0.234 e. The van der Waals surface area contributed by atoms with E-state index in [1.165, 1.54) is 11.8 Å². The third-order valence-electron chi connectivity index (χ3n) is 4.39. The molecular weight excluding hydrogens is 464 g/mol. The van der Waals surface area contributed by atoms with Crippen molar-refractivity contribution in [3.8, 4) is 22.6 Å². The average Bonchev–Trinajstić information content (AvgIpc) is 3.29. The highest BCUT2D eigenvalue weighted by Crippen LogP contribution is 2.31. The molecular formula is C21H19BrN6OS. The van der Waals surface area contributed by atoms with Gasteiger partial charge in [0.1, 0.15) is 5.69 Å². The molecule has 4 rings (SSSR count). The number of benzene rings is 2. The average molecular weight is 483 g/mol. The van der Waals surface area contributed by atoms with Crippen LogP contribution in [-0.4, -0.2) is 36.2 Å². The van der Waals surface area contributed by atoms with Crippen molar-refractivity contribution in [1.82, 2.24) is 24.5 Å². The molecule has 152 valence electrons. The largest absolute Gasteiger partial charge is 0.325 e. The lowest BCUT2D eigenvalue weighted by Crippen LogP contribution is -2.14. The molecule has 0 saturated carbocycles. The first kappa shape index (κ1) is 20.4. The van der Waals surface area contributed by atoms with Crippen molar-refractivity contribution in [1.29, 1.82) is 0 Å². The second-order valence-electron chi connectivity index (χ2n) is 6.64. The van der Waals surface area contributed by atoms with E-state index in [0.29, 0.717) is 11.0 Å². The molecule has 2 aromatic carbocycles. The highest BCUT2D eigenvalue weighted by atomic mass is 79.9. The molecule has 0 unspecified atom stereocenters. The van der Waals surface area contributed by atoms with Crippen LogP contribution in [0.3, 0.4) is 0 Å². The third-order valence-corrected chi connectivity index (χ3v) is 5.91. The molecule has 0 radical (unpaired) electrons. The Hall–Kier alpha value is -2.91. The second-order valence-corrected chi connectivity index (χ2v) is 8.50. The van der Waals surface area contributed by atoms with Crippen LogP contribution in [0.25, 0.3) is 22.6 Å². The Morgan fingerprint density at radius 2 is 1.90 bits per heavy atom. The first-order valence-corrected chi connectivity index (χ1v) is 11.0. The zero-order chi connectivity index (χ0) is 21.1. The van der Waals surface area contributed by atoms with Crippen LogP contribution in [-0.2, 0) is 18.9 Å². The van der Waals surface area contributed by atoms with Gasteiger partial charge in [-0.1, -0.05) is 64.1 Å². The van der Waals surface area contributed by atoms with Gasteiger partial charge in [0.15, 0.2) is 11.0 Å². The van der Waals surface area contributed by atoms with Gasteiger partial charge in [-0.15, -0.1) is 10.2 Å². The molecule has 0 aliphatic carbocycles. The van der Waals surface area contributed by atoms with E-state index in [2.05, 4.69) is 36.5 Å². The van der Waals surface area contributed by atoms with Gasteiger partial charge in [0.2, 0.25) is 5.91 Å². The number of anilines is 1. The fourth-order valence-electron chi connectivity index (χ4n) is 3.03. The minimum atomic E-state index is -0.103. The molecule has 2 heterocycles. The van der Waals surface area contributed by atoms with Crippen molar-refractivity contribution in [2.45, 2.75) is 5.16 Å². The minimum Gasteiger partial charge on any atom is -0.325 e. The van der Waals surface area contributed by atoms with Crippen molar-refractivity contribution in [2.75, 3.05) is 11.1 Å². The van der Waals surface area contributed by atoms with E-state index in [9.17, 15) is 4.79 Å². The van der Waals surface area contributed by atoms with E-state index in [1.54, 1.807) is 4.68 Å². The molecule has 1 amide bonds. The number of amides is 1. The quantitative estimate of drug-likeness (QED) is 0.412. The molecule has 1 N–H and O–H groups in total. The molecule has 0 aliphatic heterocycles. The zero-order valence-corrected chi connectivity index (χ0v) is 18.8. The first-order chi connectivity index (χ1) is 14.5. The first-order valence-electron chi connectivity index (χ1n) is 9.18. The highest BCUT2D eigenvalue weighted by Gasteiger charge is 2.19. The summed E-state index contributed by atoms with van der Waals surface area (Å²) >= 11 is 4.74. The Labute approximate surface area is 186 Å². The number of hydrogen-bond acceptors (Lipinski definition) is 5. The lowest BCUT2D eigenvalue weighted by atomic mass is 10.1. The van der Waals surface area contributed by atoms with E-state index in [1.807, 2.05) is 79.5 Å². The number of aromatic nitrogens is 5. The van der Waals surface area contributed by atoms with Crippen LogP contribution in [0.5, 0.6) is 0 Å². The molecule has 0 aliphatic rings. The predicted octanol–water partition coefficient (Wildman–Crippen LogP) is 4.38. The summed E-state index contributed by atoms with van der Waals surface area (Å²) in [5.41, 5.74) is 3.50. The summed E-state index contributed by atoms with van der Waals surface area (Å²) < 4.78 is 4.57. The maximum absolute atomic E-state index is 12.3. The molecule has 30 heavy (non-hydrogen) atoms. The molecule has 9 heteroatoms. The maximum atomic E-state index is 12.3. The molecule has 0 atom stereocenters. The van der Waals surface area contributed by atoms with Gasteiger partial charge < -0.3 is 9.88 Å². The van der Waals surface area contributed by atoms with E-state index < -0.39 is 0 Å². The topological polar surface area (TPSA) is 77.6 Å². The van der Waals surface area contributed by atoms with E-state index in [-0.39, 0.29) is 11.7 Å². The molecule has 0 fully saturated rings. The zero-order valence-electron chi connectivity index (χ0n) is 16.4. The van der Waals surface area contributed by atoms with Crippen molar-refractivity contribution < 1.29 is 4.79 Å². The van der Waals surface area contributed by atoms with Crippen LogP contribution >= 0.6 is 27.7 Å². The van der Waals surface area contributed by atoms with Crippen molar-refractivity contribution in [3.05, 3.63) is 65.3 Å². The normalized spacial score (nSPS) is 10.9. The summed E-state index contributed by atoms with van der Waals surface area (Å²) in [4.78, 5) is 12.3. The Kier molecular flexibility index (Phi) is 6.01. The minimum absolute atomic E-state index is 0.103. The summed E-state index contributed by atoms with van der Waals surface area (Å²) in [6.45, 7) is 0. The fourth-order valence-corrected chi connectivity index (χ4v) is 4.14. The Morgan fingerprint density at radius 3 is 2.67 bits per heavy atom. The SMILES string of the molecule is Cn1cc(-c2nnc(SCC(=O)Nc3cccc(Br)c3)n2C)c(-c2ccccc2)n1. The Bertz CT molecular complexity index is 1190. The number of nitrogens with zero attached hydrogens (tertiary/aromatic N) is 5. The highest BCUT2D eigenvalue weighted by molar-refractivity contribution is 9.10. The van der Waals surface area contributed by atoms with E-state index >= 15 is 0 Å². The number of hydrogen-bond donors (Lipinski definition) is 1. The van der Waals surface area contributed by atoms with Gasteiger partial charge in [0.25, 0.3) is 0 Å². The van der Waals surface area contributed by atoms with Gasteiger partial charge in [-0.05, 0) is 18.2 Å². The number of aryl methyl sites for hydroxylation is 1. The van der Waals surface area contributed by atoms with Crippen LogP contribution in [0, 0.1) is 0 Å². The molecule has 0 saturated heterocycles. The lowest BCUT2D eigenvalue weighted by Gasteiger charge is -2.06. The fraction of sp³-hybridized carbons (Fsp3) is 0.143. The van der Waals surface area contributed by atoms with E-state index in [0.717, 1.165) is 27.0 Å². The Balaban J connectivity index is 1.50. The van der Waals surface area contributed by atoms with Gasteiger partial charge in [-0.2, -0.15) is 5.10 Å². The molecule has 0 bridgehead atoms. The summed E-state index contributed by atoms with van der Waals surface area (Å²) in [5, 5.41) is 16.8. The van der Waals surface area contributed by atoms with Gasteiger partial charge in [0.05, 0.1) is 11.3 Å². The number of nitrogens with one attached hydrogen (secondary N) is 1. The van der Waals surface area contributed by atoms with Crippen LogP contribution in [0.2, 0.25) is 0 Å². The van der Waals surface area contributed by atoms with Crippen molar-refractivity contribution in [2.24, 2.45) is 14.1 Å². The van der Waals surface area contributed by atoms with E-state index in [4.69, 9.17) is 0 Å². The number of halogens is 1. The molecule has 0 spiro atoms. The summed E-state index contributed by atoms with van der Waals surface area (Å²) in [6.07, 6.45) is 1.93. The van der Waals surface area contributed by atoms with Gasteiger partial charge in [-0.3, -0.25) is 9.48 Å². The van der Waals surface area contributed by atoms with Crippen molar-refractivity contribution >= 4 is 39.3 Å². The predicted molar refractivity (Wildman–Crippen MR) is 122 cm³/mol. The lowest BCUT2D eigenvalue weighted by molar-refractivity contribution is -0.113. The van der Waals surface area contributed by atoms with Gasteiger partial charge in [0, 0.05) is 36.0 Å². The van der Waals surface area contributed by atoms with Crippen LogP contribution < -0.4 is 5.32 Å². The molecule has 2 aromatic heterocycles. The maximum Gasteiger partial charge on any atom is 0.234 e. The summed E-state index contributed by atoms with van der Waals surface area (Å²) in [5.74, 6) is 0.836. The number of carbonyl (C=O) groups excluding carboxylic acids is 1. The van der Waals surface area contributed by atoms with Crippen LogP contribution in [0.1, 0.15) is 0 Å². The standard InChI is InChI=1S/C21H19BrN6OS/c1-27-12-17(19(26-27)14-7-4-3-5-8-14)20-24-25-21(28(20)2)30-13-18(29)23-16-10-6-9-15(22)11-16/h3-12H,13H2,1-2H3,(H,23,29). The Morgan fingerprint density at radius 1 is 1.10 bits per heavy atom. The van der Waals surface area contributed by atoms with Crippen LogP contribution in [0.15, 0.2) is 70.4 Å². The number of carbonyl (C=O) groups is 1.